The van der Waals surface area contributed by atoms with E-state index in [1.54, 1.807) is 19.2 Å². The molecule has 0 heterocycles. The number of ether oxygens (including phenoxy) is 1. The Balaban J connectivity index is 2.02. The first-order chi connectivity index (χ1) is 10.1. The third-order valence-electron chi connectivity index (χ3n) is 2.97. The Hall–Kier alpha value is -1.92. The van der Waals surface area contributed by atoms with Gasteiger partial charge in [0.1, 0.15) is 0 Å². The van der Waals surface area contributed by atoms with Gasteiger partial charge in [-0.25, -0.2) is 0 Å². The van der Waals surface area contributed by atoms with Crippen LogP contribution < -0.4 is 5.32 Å². The third-order valence-corrected chi connectivity index (χ3v) is 3.64. The molecule has 0 aromatic heterocycles. The molecular weight excluding hydrogens is 336 g/mol. The highest BCUT2D eigenvalue weighted by Gasteiger charge is 2.11. The lowest BCUT2D eigenvalue weighted by molar-refractivity contribution is -0.385. The van der Waals surface area contributed by atoms with Crippen LogP contribution >= 0.6 is 15.9 Å². The number of hydrogen-bond acceptors (Lipinski definition) is 4. The first-order valence-corrected chi connectivity index (χ1v) is 7.14. The fourth-order valence-electron chi connectivity index (χ4n) is 1.89. The van der Waals surface area contributed by atoms with Gasteiger partial charge < -0.3 is 10.1 Å². The van der Waals surface area contributed by atoms with Crippen molar-refractivity contribution in [2.75, 3.05) is 12.4 Å². The Bertz CT molecular complexity index is 629. The van der Waals surface area contributed by atoms with E-state index < -0.39 is 4.92 Å². The van der Waals surface area contributed by atoms with Gasteiger partial charge in [-0.2, -0.15) is 0 Å². The van der Waals surface area contributed by atoms with E-state index in [1.807, 2.05) is 24.3 Å². The van der Waals surface area contributed by atoms with Gasteiger partial charge in [-0.1, -0.05) is 24.3 Å². The van der Waals surface area contributed by atoms with Crippen LogP contribution in [0.4, 0.5) is 11.4 Å². The van der Waals surface area contributed by atoms with E-state index in [4.69, 9.17) is 4.74 Å². The summed E-state index contributed by atoms with van der Waals surface area (Å²) < 4.78 is 5.53. The van der Waals surface area contributed by atoms with Crippen molar-refractivity contribution in [1.29, 1.82) is 0 Å². The molecule has 110 valence electrons. The fourth-order valence-corrected chi connectivity index (χ4v) is 2.28. The number of nitrogens with zero attached hydrogens (tertiary/aromatic N) is 1. The number of hydrogen-bond donors (Lipinski definition) is 1. The normalized spacial score (nSPS) is 10.4. The molecule has 0 aliphatic rings. The average molecular weight is 351 g/mol. The van der Waals surface area contributed by atoms with Crippen molar-refractivity contribution >= 4 is 27.3 Å². The molecule has 0 atom stereocenters. The second-order valence-corrected chi connectivity index (χ2v) is 5.38. The molecule has 6 heteroatoms. The van der Waals surface area contributed by atoms with Crippen LogP contribution in [0.3, 0.4) is 0 Å². The van der Waals surface area contributed by atoms with Crippen molar-refractivity contribution in [2.45, 2.75) is 13.2 Å². The quantitative estimate of drug-likeness (QED) is 0.628. The number of benzene rings is 2. The number of halogens is 1. The molecule has 0 radical (unpaired) electrons. The molecule has 2 aromatic rings. The topological polar surface area (TPSA) is 64.4 Å². The molecule has 0 spiro atoms. The molecule has 0 amide bonds. The van der Waals surface area contributed by atoms with Crippen LogP contribution in [0.25, 0.3) is 0 Å². The van der Waals surface area contributed by atoms with Crippen molar-refractivity contribution in [3.8, 4) is 0 Å². The highest BCUT2D eigenvalue weighted by Crippen LogP contribution is 2.28. The molecule has 2 rings (SSSR count). The Kier molecular flexibility index (Phi) is 5.30. The highest BCUT2D eigenvalue weighted by molar-refractivity contribution is 9.10. The number of nitro groups is 1. The van der Waals surface area contributed by atoms with Gasteiger partial charge in [-0.15, -0.1) is 0 Å². The molecule has 0 saturated carbocycles. The van der Waals surface area contributed by atoms with Crippen LogP contribution in [0.1, 0.15) is 11.1 Å². The average Bonchev–Trinajstić information content (AvgIpc) is 2.48. The molecular formula is C15H15BrN2O3. The number of nitrogens with one attached hydrogen (secondary N) is 1. The van der Waals surface area contributed by atoms with Crippen LogP contribution in [-0.2, 0) is 17.9 Å². The zero-order valence-corrected chi connectivity index (χ0v) is 13.1. The van der Waals surface area contributed by atoms with Crippen LogP contribution in [0.2, 0.25) is 0 Å². The minimum Gasteiger partial charge on any atom is -0.381 e. The molecule has 0 unspecified atom stereocenters. The van der Waals surface area contributed by atoms with E-state index in [2.05, 4.69) is 21.2 Å². The number of methoxy groups -OCH3 is 1. The first-order valence-electron chi connectivity index (χ1n) is 6.34. The van der Waals surface area contributed by atoms with Gasteiger partial charge in [0.05, 0.1) is 16.0 Å². The Morgan fingerprint density at radius 3 is 2.48 bits per heavy atom. The molecule has 21 heavy (non-hydrogen) atoms. The van der Waals surface area contributed by atoms with Gasteiger partial charge >= 0.3 is 0 Å². The van der Waals surface area contributed by atoms with Crippen LogP contribution in [0, 0.1) is 10.1 Å². The summed E-state index contributed by atoms with van der Waals surface area (Å²) in [6, 6.07) is 13.0. The summed E-state index contributed by atoms with van der Waals surface area (Å²) in [6.45, 7) is 1.19. The first kappa shape index (κ1) is 15.5. The van der Waals surface area contributed by atoms with Crippen molar-refractivity contribution in [3.63, 3.8) is 0 Å². The van der Waals surface area contributed by atoms with Crippen LogP contribution in [-0.4, -0.2) is 12.0 Å². The Labute approximate surface area is 131 Å². The van der Waals surface area contributed by atoms with Gasteiger partial charge in [0.15, 0.2) is 0 Å². The standard InChI is InChI=1S/C15H15BrN2O3/c1-21-10-12-4-2-11(3-5-12)9-17-13-6-7-14(16)15(8-13)18(19)20/h2-8,17H,9-10H2,1H3. The maximum atomic E-state index is 10.9. The zero-order chi connectivity index (χ0) is 15.2. The van der Waals surface area contributed by atoms with Gasteiger partial charge in [-0.05, 0) is 39.2 Å². The number of rotatable bonds is 6. The second kappa shape index (κ2) is 7.19. The molecule has 0 fully saturated rings. The molecule has 0 aliphatic carbocycles. The summed E-state index contributed by atoms with van der Waals surface area (Å²) >= 11 is 3.17. The molecule has 0 aliphatic heterocycles. The molecule has 2 aromatic carbocycles. The van der Waals surface area contributed by atoms with Crippen molar-refractivity contribution in [3.05, 3.63) is 68.2 Å². The maximum Gasteiger partial charge on any atom is 0.285 e. The number of anilines is 1. The molecule has 5 nitrogen and oxygen atoms in total. The third kappa shape index (κ3) is 4.27. The van der Waals surface area contributed by atoms with Crippen molar-refractivity contribution in [1.82, 2.24) is 0 Å². The summed E-state index contributed by atoms with van der Waals surface area (Å²) in [5, 5.41) is 14.1. The Morgan fingerprint density at radius 2 is 1.86 bits per heavy atom. The maximum absolute atomic E-state index is 10.9. The smallest absolute Gasteiger partial charge is 0.285 e. The lowest BCUT2D eigenvalue weighted by Gasteiger charge is -2.08. The fraction of sp³-hybridized carbons (Fsp3) is 0.200. The van der Waals surface area contributed by atoms with Crippen molar-refractivity contribution in [2.24, 2.45) is 0 Å². The summed E-state index contributed by atoms with van der Waals surface area (Å²) in [6.07, 6.45) is 0. The Morgan fingerprint density at radius 1 is 1.19 bits per heavy atom. The van der Waals surface area contributed by atoms with Gasteiger partial charge in [0.25, 0.3) is 5.69 Å². The van der Waals surface area contributed by atoms with E-state index in [1.165, 1.54) is 6.07 Å². The van der Waals surface area contributed by atoms with Crippen LogP contribution in [0.15, 0.2) is 46.9 Å². The van der Waals surface area contributed by atoms with E-state index in [0.29, 0.717) is 23.3 Å². The van der Waals surface area contributed by atoms with E-state index >= 15 is 0 Å². The largest absolute Gasteiger partial charge is 0.381 e. The van der Waals surface area contributed by atoms with E-state index in [0.717, 1.165) is 11.1 Å². The van der Waals surface area contributed by atoms with Crippen molar-refractivity contribution < 1.29 is 9.66 Å². The van der Waals surface area contributed by atoms with Crippen LogP contribution in [0.5, 0.6) is 0 Å². The number of nitro benzene ring substituents is 1. The van der Waals surface area contributed by atoms with Gasteiger partial charge in [0.2, 0.25) is 0 Å². The van der Waals surface area contributed by atoms with E-state index in [9.17, 15) is 10.1 Å². The minimum absolute atomic E-state index is 0.0513. The summed E-state index contributed by atoms with van der Waals surface area (Å²) in [7, 11) is 1.66. The SMILES string of the molecule is COCc1ccc(CNc2ccc(Br)c([N+](=O)[O-])c2)cc1. The zero-order valence-electron chi connectivity index (χ0n) is 11.5. The predicted octanol–water partition coefficient (Wildman–Crippen LogP) is 4.12. The molecule has 0 bridgehead atoms. The lowest BCUT2D eigenvalue weighted by atomic mass is 10.1. The molecule has 1 N–H and O–H groups in total. The predicted molar refractivity (Wildman–Crippen MR) is 85.3 cm³/mol. The molecule has 0 saturated heterocycles. The highest BCUT2D eigenvalue weighted by atomic mass is 79.9. The van der Waals surface area contributed by atoms with Gasteiger partial charge in [0, 0.05) is 25.4 Å². The lowest BCUT2D eigenvalue weighted by Crippen LogP contribution is -2.00. The summed E-state index contributed by atoms with van der Waals surface area (Å²) in [5.74, 6) is 0. The monoisotopic (exact) mass is 350 g/mol. The second-order valence-electron chi connectivity index (χ2n) is 4.53. The summed E-state index contributed by atoms with van der Waals surface area (Å²) in [4.78, 5) is 10.5. The summed E-state index contributed by atoms with van der Waals surface area (Å²) in [5.41, 5.74) is 2.97. The van der Waals surface area contributed by atoms with Gasteiger partial charge in [-0.3, -0.25) is 10.1 Å². The minimum atomic E-state index is -0.408. The van der Waals surface area contributed by atoms with E-state index in [-0.39, 0.29) is 5.69 Å².